The van der Waals surface area contributed by atoms with E-state index in [0.717, 1.165) is 26.1 Å². The van der Waals surface area contributed by atoms with Crippen LogP contribution >= 0.6 is 0 Å². The molecule has 2 nitrogen and oxygen atoms in total. The van der Waals surface area contributed by atoms with Gasteiger partial charge < -0.3 is 5.11 Å². The Morgan fingerprint density at radius 3 is 2.83 bits per heavy atom. The monoisotopic (exact) mass is 169 g/mol. The van der Waals surface area contributed by atoms with Gasteiger partial charge in [0, 0.05) is 25.0 Å². The van der Waals surface area contributed by atoms with Gasteiger partial charge in [-0.2, -0.15) is 0 Å². The Bertz CT molecular complexity index is 165. The van der Waals surface area contributed by atoms with Gasteiger partial charge in [-0.1, -0.05) is 19.9 Å². The van der Waals surface area contributed by atoms with Crippen molar-refractivity contribution in [1.82, 2.24) is 4.90 Å². The number of piperidine rings is 1. The number of hydrogen-bond donors (Lipinski definition) is 1. The van der Waals surface area contributed by atoms with E-state index in [4.69, 9.17) is 0 Å². The summed E-state index contributed by atoms with van der Waals surface area (Å²) in [5.74, 6) is 0. The standard InChI is InChI=1S/C10H19NO/c1-4-6-11-7-5-9(12)10(2,3)8-11/h4,9,12H,1,5-8H2,2-3H3. The van der Waals surface area contributed by atoms with Crippen molar-refractivity contribution in [2.75, 3.05) is 19.6 Å². The fourth-order valence-corrected chi connectivity index (χ4v) is 1.79. The lowest BCUT2D eigenvalue weighted by molar-refractivity contribution is -0.0207. The van der Waals surface area contributed by atoms with Gasteiger partial charge in [-0.3, -0.25) is 4.90 Å². The summed E-state index contributed by atoms with van der Waals surface area (Å²) in [5.41, 5.74) is 0.0429. The largest absolute Gasteiger partial charge is 0.392 e. The molecule has 0 aromatic heterocycles. The van der Waals surface area contributed by atoms with E-state index in [9.17, 15) is 5.11 Å². The van der Waals surface area contributed by atoms with E-state index in [2.05, 4.69) is 25.3 Å². The first kappa shape index (κ1) is 9.75. The summed E-state index contributed by atoms with van der Waals surface area (Å²) in [4.78, 5) is 2.33. The first-order valence-electron chi connectivity index (χ1n) is 4.57. The highest BCUT2D eigenvalue weighted by molar-refractivity contribution is 4.88. The van der Waals surface area contributed by atoms with Crippen LogP contribution in [0, 0.1) is 5.41 Å². The Labute approximate surface area is 74.9 Å². The molecule has 12 heavy (non-hydrogen) atoms. The zero-order valence-corrected chi connectivity index (χ0v) is 8.08. The van der Waals surface area contributed by atoms with E-state index >= 15 is 0 Å². The number of aliphatic hydroxyl groups is 1. The molecule has 0 aliphatic carbocycles. The minimum absolute atomic E-state index is 0.0429. The highest BCUT2D eigenvalue weighted by atomic mass is 16.3. The van der Waals surface area contributed by atoms with Gasteiger partial charge in [0.25, 0.3) is 0 Å². The molecule has 1 fully saturated rings. The second-order valence-corrected chi connectivity index (χ2v) is 4.32. The highest BCUT2D eigenvalue weighted by Gasteiger charge is 2.33. The number of nitrogens with zero attached hydrogens (tertiary/aromatic N) is 1. The maximum absolute atomic E-state index is 9.67. The molecular formula is C10H19NO. The van der Waals surface area contributed by atoms with Crippen LogP contribution in [0.1, 0.15) is 20.3 Å². The lowest BCUT2D eigenvalue weighted by Crippen LogP contribution is -2.48. The average molecular weight is 169 g/mol. The molecule has 1 aliphatic rings. The van der Waals surface area contributed by atoms with Crippen LogP contribution in [0.3, 0.4) is 0 Å². The molecule has 0 saturated carbocycles. The molecule has 0 aromatic rings. The molecule has 1 unspecified atom stereocenters. The lowest BCUT2D eigenvalue weighted by atomic mass is 9.81. The number of rotatable bonds is 2. The maximum atomic E-state index is 9.67. The topological polar surface area (TPSA) is 23.5 Å². The third-order valence-corrected chi connectivity index (χ3v) is 2.64. The molecule has 2 heteroatoms. The van der Waals surface area contributed by atoms with E-state index < -0.39 is 0 Å². The number of aliphatic hydroxyl groups excluding tert-OH is 1. The molecule has 1 aliphatic heterocycles. The van der Waals surface area contributed by atoms with E-state index in [-0.39, 0.29) is 11.5 Å². The van der Waals surface area contributed by atoms with Crippen LogP contribution in [0.2, 0.25) is 0 Å². The second-order valence-electron chi connectivity index (χ2n) is 4.32. The van der Waals surface area contributed by atoms with Crippen molar-refractivity contribution in [3.63, 3.8) is 0 Å². The van der Waals surface area contributed by atoms with Crippen molar-refractivity contribution >= 4 is 0 Å². The number of hydrogen-bond acceptors (Lipinski definition) is 2. The van der Waals surface area contributed by atoms with Crippen molar-refractivity contribution in [2.24, 2.45) is 5.41 Å². The summed E-state index contributed by atoms with van der Waals surface area (Å²) in [6.07, 6.45) is 2.67. The fourth-order valence-electron chi connectivity index (χ4n) is 1.79. The van der Waals surface area contributed by atoms with Crippen LogP contribution in [0.5, 0.6) is 0 Å². The molecule has 1 atom stereocenters. The summed E-state index contributed by atoms with van der Waals surface area (Å²) in [6.45, 7) is 10.9. The Morgan fingerprint density at radius 2 is 2.33 bits per heavy atom. The van der Waals surface area contributed by atoms with Gasteiger partial charge in [-0.15, -0.1) is 6.58 Å². The van der Waals surface area contributed by atoms with Gasteiger partial charge in [0.1, 0.15) is 0 Å². The van der Waals surface area contributed by atoms with Crippen LogP contribution in [0.25, 0.3) is 0 Å². The Kier molecular flexibility index (Phi) is 2.91. The summed E-state index contributed by atoms with van der Waals surface area (Å²) in [7, 11) is 0. The molecular weight excluding hydrogens is 150 g/mol. The number of likely N-dealkylation sites (tertiary alicyclic amines) is 1. The molecule has 1 N–H and O–H groups in total. The predicted octanol–water partition coefficient (Wildman–Crippen LogP) is 1.27. The lowest BCUT2D eigenvalue weighted by Gasteiger charge is -2.41. The molecule has 0 bridgehead atoms. The SMILES string of the molecule is C=CCN1CCC(O)C(C)(C)C1. The molecule has 1 saturated heterocycles. The summed E-state index contributed by atoms with van der Waals surface area (Å²) < 4.78 is 0. The van der Waals surface area contributed by atoms with Crippen LogP contribution < -0.4 is 0 Å². The van der Waals surface area contributed by atoms with Crippen molar-refractivity contribution in [3.8, 4) is 0 Å². The summed E-state index contributed by atoms with van der Waals surface area (Å²) in [5, 5.41) is 9.67. The van der Waals surface area contributed by atoms with E-state index in [1.807, 2.05) is 6.08 Å². The zero-order valence-electron chi connectivity index (χ0n) is 8.08. The van der Waals surface area contributed by atoms with Gasteiger partial charge in [-0.25, -0.2) is 0 Å². The quantitative estimate of drug-likeness (QED) is 0.629. The third kappa shape index (κ3) is 2.08. The molecule has 1 heterocycles. The smallest absolute Gasteiger partial charge is 0.0615 e. The van der Waals surface area contributed by atoms with E-state index in [0.29, 0.717) is 0 Å². The Morgan fingerprint density at radius 1 is 1.67 bits per heavy atom. The molecule has 70 valence electrons. The molecule has 0 aromatic carbocycles. The Balaban J connectivity index is 2.50. The normalized spacial score (nSPS) is 30.1. The van der Waals surface area contributed by atoms with Crippen molar-refractivity contribution in [2.45, 2.75) is 26.4 Å². The van der Waals surface area contributed by atoms with Crippen molar-refractivity contribution in [3.05, 3.63) is 12.7 Å². The fraction of sp³-hybridized carbons (Fsp3) is 0.800. The van der Waals surface area contributed by atoms with Crippen LogP contribution in [-0.4, -0.2) is 35.7 Å². The first-order valence-corrected chi connectivity index (χ1v) is 4.57. The first-order chi connectivity index (χ1) is 5.56. The molecule has 0 spiro atoms. The van der Waals surface area contributed by atoms with Gasteiger partial charge in [-0.05, 0) is 6.42 Å². The zero-order chi connectivity index (χ0) is 9.19. The van der Waals surface area contributed by atoms with Crippen LogP contribution in [-0.2, 0) is 0 Å². The van der Waals surface area contributed by atoms with Gasteiger partial charge in [0.15, 0.2) is 0 Å². The van der Waals surface area contributed by atoms with Gasteiger partial charge >= 0.3 is 0 Å². The molecule has 0 radical (unpaired) electrons. The van der Waals surface area contributed by atoms with Crippen LogP contribution in [0.4, 0.5) is 0 Å². The second kappa shape index (κ2) is 3.58. The predicted molar refractivity (Wildman–Crippen MR) is 51.0 cm³/mol. The molecule has 1 rings (SSSR count). The van der Waals surface area contributed by atoms with Crippen molar-refractivity contribution in [1.29, 1.82) is 0 Å². The van der Waals surface area contributed by atoms with Crippen LogP contribution in [0.15, 0.2) is 12.7 Å². The summed E-state index contributed by atoms with van der Waals surface area (Å²) in [6, 6.07) is 0. The average Bonchev–Trinajstić information content (AvgIpc) is 1.97. The van der Waals surface area contributed by atoms with E-state index in [1.165, 1.54) is 0 Å². The van der Waals surface area contributed by atoms with Gasteiger partial charge in [0.05, 0.1) is 6.10 Å². The van der Waals surface area contributed by atoms with E-state index in [1.54, 1.807) is 0 Å². The van der Waals surface area contributed by atoms with Gasteiger partial charge in [0.2, 0.25) is 0 Å². The minimum Gasteiger partial charge on any atom is -0.392 e. The highest BCUT2D eigenvalue weighted by Crippen LogP contribution is 2.28. The van der Waals surface area contributed by atoms with Crippen molar-refractivity contribution < 1.29 is 5.11 Å². The third-order valence-electron chi connectivity index (χ3n) is 2.64. The summed E-state index contributed by atoms with van der Waals surface area (Å²) >= 11 is 0. The molecule has 0 amide bonds. The minimum atomic E-state index is -0.140. The Hall–Kier alpha value is -0.340. The maximum Gasteiger partial charge on any atom is 0.0615 e.